The van der Waals surface area contributed by atoms with Crippen LogP contribution in [0.3, 0.4) is 0 Å². The van der Waals surface area contributed by atoms with Gasteiger partial charge in [0.2, 0.25) is 0 Å². The fourth-order valence-electron chi connectivity index (χ4n) is 2.45. The minimum absolute atomic E-state index is 0.188. The number of carbonyl (C=O) groups excluding carboxylic acids is 1. The van der Waals surface area contributed by atoms with Crippen LogP contribution in [0.5, 0.6) is 0 Å². The summed E-state index contributed by atoms with van der Waals surface area (Å²) in [7, 11) is 0. The highest BCUT2D eigenvalue weighted by molar-refractivity contribution is 5.71. The van der Waals surface area contributed by atoms with Gasteiger partial charge in [-0.05, 0) is 44.0 Å². The zero-order chi connectivity index (χ0) is 13.0. The van der Waals surface area contributed by atoms with Crippen molar-refractivity contribution in [1.82, 2.24) is 4.90 Å². The van der Waals surface area contributed by atoms with Gasteiger partial charge in [-0.2, -0.15) is 0 Å². The number of rotatable bonds is 4. The molecule has 0 bridgehead atoms. The zero-order valence-electron chi connectivity index (χ0n) is 10.6. The standard InChI is InChI=1S/C14H18FNO2/c1-2-18-14(17)10-16-9-3-4-13(16)11-5-7-12(15)8-6-11/h5-8,13H,2-4,9-10H2,1H3. The van der Waals surface area contributed by atoms with Crippen LogP contribution in [0.4, 0.5) is 4.39 Å². The number of ether oxygens (including phenoxy) is 1. The molecule has 0 spiro atoms. The van der Waals surface area contributed by atoms with Gasteiger partial charge < -0.3 is 4.74 Å². The van der Waals surface area contributed by atoms with Crippen LogP contribution in [0, 0.1) is 5.82 Å². The normalized spacial score (nSPS) is 20.0. The van der Waals surface area contributed by atoms with Gasteiger partial charge in [-0.15, -0.1) is 0 Å². The van der Waals surface area contributed by atoms with Crippen molar-refractivity contribution >= 4 is 5.97 Å². The monoisotopic (exact) mass is 251 g/mol. The first-order chi connectivity index (χ1) is 8.70. The van der Waals surface area contributed by atoms with Gasteiger partial charge >= 0.3 is 5.97 Å². The van der Waals surface area contributed by atoms with E-state index in [9.17, 15) is 9.18 Å². The average molecular weight is 251 g/mol. The topological polar surface area (TPSA) is 29.5 Å². The third kappa shape index (κ3) is 3.07. The molecule has 3 nitrogen and oxygen atoms in total. The number of esters is 1. The lowest BCUT2D eigenvalue weighted by Gasteiger charge is -2.23. The summed E-state index contributed by atoms with van der Waals surface area (Å²) < 4.78 is 17.9. The highest BCUT2D eigenvalue weighted by Crippen LogP contribution is 2.31. The molecule has 1 aromatic carbocycles. The third-order valence-electron chi connectivity index (χ3n) is 3.26. The lowest BCUT2D eigenvalue weighted by atomic mass is 10.0. The fraction of sp³-hybridized carbons (Fsp3) is 0.500. The van der Waals surface area contributed by atoms with Crippen LogP contribution in [0.1, 0.15) is 31.4 Å². The Labute approximate surface area is 107 Å². The largest absolute Gasteiger partial charge is 0.465 e. The van der Waals surface area contributed by atoms with Crippen LogP contribution in [-0.4, -0.2) is 30.6 Å². The summed E-state index contributed by atoms with van der Waals surface area (Å²) in [6.07, 6.45) is 2.06. The van der Waals surface area contributed by atoms with Gasteiger partial charge in [-0.1, -0.05) is 12.1 Å². The second-order valence-corrected chi connectivity index (χ2v) is 4.49. The Morgan fingerprint density at radius 1 is 1.44 bits per heavy atom. The molecule has 0 radical (unpaired) electrons. The van der Waals surface area contributed by atoms with Gasteiger partial charge in [-0.25, -0.2) is 4.39 Å². The van der Waals surface area contributed by atoms with E-state index in [0.717, 1.165) is 24.9 Å². The molecule has 1 fully saturated rings. The minimum atomic E-state index is -0.228. The minimum Gasteiger partial charge on any atom is -0.465 e. The number of nitrogens with zero attached hydrogens (tertiary/aromatic N) is 1. The molecule has 1 atom stereocenters. The van der Waals surface area contributed by atoms with E-state index in [0.29, 0.717) is 13.2 Å². The van der Waals surface area contributed by atoms with E-state index in [-0.39, 0.29) is 17.8 Å². The Balaban J connectivity index is 2.03. The average Bonchev–Trinajstić information content (AvgIpc) is 2.78. The molecule has 1 saturated heterocycles. The molecule has 1 aliphatic rings. The van der Waals surface area contributed by atoms with Crippen molar-refractivity contribution in [2.75, 3.05) is 19.7 Å². The van der Waals surface area contributed by atoms with Gasteiger partial charge in [-0.3, -0.25) is 9.69 Å². The first-order valence-corrected chi connectivity index (χ1v) is 6.36. The van der Waals surface area contributed by atoms with E-state index >= 15 is 0 Å². The molecule has 2 rings (SSSR count). The maximum atomic E-state index is 12.9. The molecule has 1 heterocycles. The second-order valence-electron chi connectivity index (χ2n) is 4.49. The quantitative estimate of drug-likeness (QED) is 0.770. The van der Waals surface area contributed by atoms with Gasteiger partial charge in [0.15, 0.2) is 0 Å². The highest BCUT2D eigenvalue weighted by atomic mass is 19.1. The van der Waals surface area contributed by atoms with Crippen molar-refractivity contribution in [3.63, 3.8) is 0 Å². The number of hydrogen-bond acceptors (Lipinski definition) is 3. The predicted octanol–water partition coefficient (Wildman–Crippen LogP) is 2.53. The van der Waals surface area contributed by atoms with E-state index in [4.69, 9.17) is 4.74 Å². The molecule has 0 N–H and O–H groups in total. The van der Waals surface area contributed by atoms with Crippen LogP contribution in [-0.2, 0) is 9.53 Å². The summed E-state index contributed by atoms with van der Waals surface area (Å²) in [6, 6.07) is 6.73. The summed E-state index contributed by atoms with van der Waals surface area (Å²) >= 11 is 0. The Hall–Kier alpha value is -1.42. The Bertz CT molecular complexity index is 405. The lowest BCUT2D eigenvalue weighted by molar-refractivity contribution is -0.144. The molecule has 1 aromatic rings. The molecule has 18 heavy (non-hydrogen) atoms. The first-order valence-electron chi connectivity index (χ1n) is 6.36. The zero-order valence-corrected chi connectivity index (χ0v) is 10.6. The van der Waals surface area contributed by atoms with Crippen LogP contribution < -0.4 is 0 Å². The van der Waals surface area contributed by atoms with Gasteiger partial charge in [0.05, 0.1) is 13.2 Å². The van der Waals surface area contributed by atoms with E-state index in [1.165, 1.54) is 12.1 Å². The maximum Gasteiger partial charge on any atom is 0.320 e. The number of hydrogen-bond donors (Lipinski definition) is 0. The van der Waals surface area contributed by atoms with Crippen LogP contribution in [0.15, 0.2) is 24.3 Å². The Morgan fingerprint density at radius 2 is 2.17 bits per heavy atom. The number of halogens is 1. The predicted molar refractivity (Wildman–Crippen MR) is 66.6 cm³/mol. The van der Waals surface area contributed by atoms with Crippen LogP contribution in [0.25, 0.3) is 0 Å². The van der Waals surface area contributed by atoms with Crippen molar-refractivity contribution in [2.24, 2.45) is 0 Å². The van der Waals surface area contributed by atoms with Crippen LogP contribution in [0.2, 0.25) is 0 Å². The molecule has 1 aliphatic heterocycles. The Kier molecular flexibility index (Phi) is 4.31. The fourth-order valence-corrected chi connectivity index (χ4v) is 2.45. The summed E-state index contributed by atoms with van der Waals surface area (Å²) in [6.45, 7) is 3.42. The molecule has 98 valence electrons. The van der Waals surface area contributed by atoms with E-state index < -0.39 is 0 Å². The molecule has 4 heteroatoms. The van der Waals surface area contributed by atoms with E-state index in [1.807, 2.05) is 0 Å². The van der Waals surface area contributed by atoms with E-state index in [2.05, 4.69) is 4.90 Å². The molecule has 0 saturated carbocycles. The maximum absolute atomic E-state index is 12.9. The van der Waals surface area contributed by atoms with Gasteiger partial charge in [0, 0.05) is 6.04 Å². The first kappa shape index (κ1) is 13.0. The number of benzene rings is 1. The van der Waals surface area contributed by atoms with E-state index in [1.54, 1.807) is 19.1 Å². The van der Waals surface area contributed by atoms with Crippen molar-refractivity contribution in [2.45, 2.75) is 25.8 Å². The number of carbonyl (C=O) groups is 1. The second kappa shape index (κ2) is 5.96. The summed E-state index contributed by atoms with van der Waals surface area (Å²) in [4.78, 5) is 13.6. The summed E-state index contributed by atoms with van der Waals surface area (Å²) in [5.41, 5.74) is 1.07. The van der Waals surface area contributed by atoms with Crippen molar-refractivity contribution in [3.8, 4) is 0 Å². The molecule has 0 amide bonds. The van der Waals surface area contributed by atoms with Crippen molar-refractivity contribution in [3.05, 3.63) is 35.6 Å². The Morgan fingerprint density at radius 3 is 2.83 bits per heavy atom. The molecule has 1 unspecified atom stereocenters. The number of likely N-dealkylation sites (tertiary alicyclic amines) is 1. The van der Waals surface area contributed by atoms with Gasteiger partial charge in [0.1, 0.15) is 5.82 Å². The van der Waals surface area contributed by atoms with Crippen molar-refractivity contribution < 1.29 is 13.9 Å². The molecular formula is C14H18FNO2. The van der Waals surface area contributed by atoms with Crippen LogP contribution >= 0.6 is 0 Å². The lowest BCUT2D eigenvalue weighted by Crippen LogP contribution is -2.30. The summed E-state index contributed by atoms with van der Waals surface area (Å²) in [5.74, 6) is -0.416. The highest BCUT2D eigenvalue weighted by Gasteiger charge is 2.27. The van der Waals surface area contributed by atoms with Crippen molar-refractivity contribution in [1.29, 1.82) is 0 Å². The molecule has 0 aromatic heterocycles. The third-order valence-corrected chi connectivity index (χ3v) is 3.26. The van der Waals surface area contributed by atoms with Gasteiger partial charge in [0.25, 0.3) is 0 Å². The summed E-state index contributed by atoms with van der Waals surface area (Å²) in [5, 5.41) is 0. The SMILES string of the molecule is CCOC(=O)CN1CCCC1c1ccc(F)cc1. The molecular weight excluding hydrogens is 233 g/mol. The smallest absolute Gasteiger partial charge is 0.320 e. The molecule has 0 aliphatic carbocycles.